The van der Waals surface area contributed by atoms with Crippen LogP contribution in [0.4, 0.5) is 16.2 Å². The molecule has 11 heteroatoms. The Morgan fingerprint density at radius 1 is 1.03 bits per heavy atom. The Kier molecular flexibility index (Phi) is 8.72. The molecule has 3 aromatic rings. The first kappa shape index (κ1) is 28.0. The zero-order valence-electron chi connectivity index (χ0n) is 21.3. The molecule has 0 saturated carbocycles. The van der Waals surface area contributed by atoms with Crippen molar-refractivity contribution in [1.82, 2.24) is 10.2 Å². The quantitative estimate of drug-likeness (QED) is 0.302. The van der Waals surface area contributed by atoms with Gasteiger partial charge in [0.25, 0.3) is 10.0 Å². The minimum atomic E-state index is -3.80. The van der Waals surface area contributed by atoms with Gasteiger partial charge in [0, 0.05) is 24.5 Å². The summed E-state index contributed by atoms with van der Waals surface area (Å²) in [6.07, 6.45) is 0.886. The molecular weight excluding hydrogens is 547 g/mol. The Hall–Kier alpha value is -2.98. The number of nitrogens with zero attached hydrogens (tertiary/aromatic N) is 1. The maximum atomic E-state index is 13.0. The van der Waals surface area contributed by atoms with Crippen LogP contribution < -0.4 is 20.1 Å². The predicted molar refractivity (Wildman–Crippen MR) is 152 cm³/mol. The lowest BCUT2D eigenvalue weighted by Crippen LogP contribution is -2.31. The maximum Gasteiger partial charge on any atom is 0.319 e. The number of methoxy groups -OCH3 is 1. The third kappa shape index (κ3) is 6.35. The second kappa shape index (κ2) is 11.8. The fourth-order valence-corrected chi connectivity index (χ4v) is 5.98. The molecule has 8 nitrogen and oxygen atoms in total. The number of benzene rings is 3. The van der Waals surface area contributed by atoms with Crippen LogP contribution in [0.15, 0.2) is 59.5 Å². The first-order valence-electron chi connectivity index (χ1n) is 12.2. The normalized spacial score (nSPS) is 14.3. The Bertz CT molecular complexity index is 1430. The molecule has 0 bridgehead atoms. The van der Waals surface area contributed by atoms with Crippen LogP contribution in [-0.4, -0.2) is 39.5 Å². The summed E-state index contributed by atoms with van der Waals surface area (Å²) in [5.74, 6) is 0.441. The molecule has 3 aromatic carbocycles. The highest BCUT2D eigenvalue weighted by molar-refractivity contribution is 7.92. The predicted octanol–water partition coefficient (Wildman–Crippen LogP) is 6.06. The summed E-state index contributed by atoms with van der Waals surface area (Å²) in [7, 11) is -2.30. The molecule has 4 rings (SSSR count). The van der Waals surface area contributed by atoms with E-state index in [9.17, 15) is 13.2 Å². The molecule has 1 heterocycles. The van der Waals surface area contributed by atoms with Gasteiger partial charge in [-0.1, -0.05) is 42.3 Å². The molecule has 0 aromatic heterocycles. The second-order valence-corrected chi connectivity index (χ2v) is 11.5. The second-order valence-electron chi connectivity index (χ2n) is 9.04. The number of sulfonamides is 1. The van der Waals surface area contributed by atoms with E-state index in [-0.39, 0.29) is 9.92 Å². The number of halogens is 2. The molecule has 0 unspecified atom stereocenters. The number of urea groups is 1. The fraction of sp³-hybridized carbons (Fsp3) is 0.296. The number of hydrogen-bond donors (Lipinski definition) is 3. The van der Waals surface area contributed by atoms with E-state index in [0.717, 1.165) is 31.6 Å². The number of carbonyl (C=O) groups is 1. The molecule has 0 saturated heterocycles. The highest BCUT2D eigenvalue weighted by Gasteiger charge is 2.20. The van der Waals surface area contributed by atoms with Gasteiger partial charge >= 0.3 is 6.03 Å². The van der Waals surface area contributed by atoms with Crippen LogP contribution in [-0.2, 0) is 23.0 Å². The number of amides is 2. The van der Waals surface area contributed by atoms with Crippen molar-refractivity contribution in [3.05, 3.63) is 81.3 Å². The minimum absolute atomic E-state index is 0.0892. The van der Waals surface area contributed by atoms with Crippen LogP contribution in [0.2, 0.25) is 10.0 Å². The summed E-state index contributed by atoms with van der Waals surface area (Å²) in [5.41, 5.74) is 3.97. The number of carbonyl (C=O) groups excluding carboxylic acids is 1. The average Bonchev–Trinajstić information content (AvgIpc) is 2.89. The highest BCUT2D eigenvalue weighted by atomic mass is 35.5. The fourth-order valence-electron chi connectivity index (χ4n) is 4.36. The molecular formula is C27H30Cl2N4O4S. The molecule has 0 fully saturated rings. The summed E-state index contributed by atoms with van der Waals surface area (Å²) < 4.78 is 33.7. The monoisotopic (exact) mass is 576 g/mol. The first-order valence-corrected chi connectivity index (χ1v) is 14.4. The Labute approximate surface area is 233 Å². The zero-order valence-corrected chi connectivity index (χ0v) is 23.7. The molecule has 3 N–H and O–H groups in total. The minimum Gasteiger partial charge on any atom is -0.495 e. The highest BCUT2D eigenvalue weighted by Crippen LogP contribution is 2.37. The van der Waals surface area contributed by atoms with E-state index in [1.807, 2.05) is 12.1 Å². The van der Waals surface area contributed by atoms with Crippen molar-refractivity contribution in [2.45, 2.75) is 37.8 Å². The van der Waals surface area contributed by atoms with Gasteiger partial charge in [-0.05, 0) is 79.0 Å². The van der Waals surface area contributed by atoms with Crippen molar-refractivity contribution in [2.24, 2.45) is 0 Å². The van der Waals surface area contributed by atoms with E-state index in [1.54, 1.807) is 25.1 Å². The summed E-state index contributed by atoms with van der Waals surface area (Å²) in [6.45, 7) is 6.73. The molecule has 202 valence electrons. The molecule has 1 aliphatic rings. The number of nitrogens with one attached hydrogen (secondary N) is 3. The molecule has 1 aliphatic heterocycles. The number of ether oxygens (including phenoxy) is 1. The summed E-state index contributed by atoms with van der Waals surface area (Å²) in [4.78, 5) is 15.0. The van der Waals surface area contributed by atoms with Gasteiger partial charge in [0.2, 0.25) is 0 Å². The van der Waals surface area contributed by atoms with Crippen molar-refractivity contribution >= 4 is 50.6 Å². The van der Waals surface area contributed by atoms with Crippen molar-refractivity contribution in [2.75, 3.05) is 30.2 Å². The van der Waals surface area contributed by atoms with Crippen molar-refractivity contribution in [3.63, 3.8) is 0 Å². The third-order valence-corrected chi connectivity index (χ3v) is 8.81. The molecule has 0 radical (unpaired) electrons. The van der Waals surface area contributed by atoms with Gasteiger partial charge in [0.15, 0.2) is 0 Å². The van der Waals surface area contributed by atoms with Crippen LogP contribution >= 0.6 is 23.2 Å². The SMILES string of the molecule is CCN1CCc2cc(NS(=O)(=O)c3ccc(NC(=O)N[C@@H](C)c4ccc(OC)c(Cl)c4Cl)cc3)ccc2C1. The van der Waals surface area contributed by atoms with Gasteiger partial charge in [0.05, 0.1) is 23.1 Å². The summed E-state index contributed by atoms with van der Waals surface area (Å²) in [5, 5.41) is 6.05. The molecule has 0 aliphatic carbocycles. The van der Waals surface area contributed by atoms with E-state index in [1.165, 1.54) is 36.9 Å². The van der Waals surface area contributed by atoms with Gasteiger partial charge in [0.1, 0.15) is 10.8 Å². The van der Waals surface area contributed by atoms with Crippen LogP contribution in [0.1, 0.15) is 36.6 Å². The Morgan fingerprint density at radius 3 is 2.42 bits per heavy atom. The summed E-state index contributed by atoms with van der Waals surface area (Å²) in [6, 6.07) is 14.1. The third-order valence-electron chi connectivity index (χ3n) is 6.53. The Balaban J connectivity index is 1.38. The van der Waals surface area contributed by atoms with Crippen molar-refractivity contribution in [3.8, 4) is 5.75 Å². The number of hydrogen-bond acceptors (Lipinski definition) is 5. The first-order chi connectivity index (χ1) is 18.1. The van der Waals surface area contributed by atoms with Gasteiger partial charge in [-0.25, -0.2) is 13.2 Å². The lowest BCUT2D eigenvalue weighted by Gasteiger charge is -2.27. The van der Waals surface area contributed by atoms with Crippen LogP contribution in [0.3, 0.4) is 0 Å². The standard InChI is InChI=1S/C27H30Cl2N4O4S/c1-4-33-14-13-18-15-21(6-5-19(18)16-33)32-38(35,36)22-9-7-20(8-10-22)31-27(34)30-17(2)23-11-12-24(37-3)26(29)25(23)28/h5-12,15,17,32H,4,13-14,16H2,1-3H3,(H2,30,31,34)/t17-/m0/s1. The lowest BCUT2D eigenvalue weighted by atomic mass is 9.99. The summed E-state index contributed by atoms with van der Waals surface area (Å²) >= 11 is 12.5. The van der Waals surface area contributed by atoms with Crippen LogP contribution in [0, 0.1) is 0 Å². The number of likely N-dealkylation sites (N-methyl/N-ethyl adjacent to an activating group) is 1. The van der Waals surface area contributed by atoms with Crippen LogP contribution in [0.25, 0.3) is 0 Å². The van der Waals surface area contributed by atoms with E-state index in [4.69, 9.17) is 27.9 Å². The molecule has 1 atom stereocenters. The Morgan fingerprint density at radius 2 is 1.74 bits per heavy atom. The van der Waals surface area contributed by atoms with Gasteiger partial charge in [-0.15, -0.1) is 0 Å². The van der Waals surface area contributed by atoms with Gasteiger partial charge < -0.3 is 15.4 Å². The molecule has 38 heavy (non-hydrogen) atoms. The van der Waals surface area contributed by atoms with Gasteiger partial charge in [-0.2, -0.15) is 0 Å². The lowest BCUT2D eigenvalue weighted by molar-refractivity contribution is 0.249. The van der Waals surface area contributed by atoms with E-state index >= 15 is 0 Å². The number of fused-ring (bicyclic) bond motifs is 1. The van der Waals surface area contributed by atoms with E-state index in [0.29, 0.717) is 27.7 Å². The van der Waals surface area contributed by atoms with Crippen molar-refractivity contribution in [1.29, 1.82) is 0 Å². The smallest absolute Gasteiger partial charge is 0.319 e. The van der Waals surface area contributed by atoms with E-state index < -0.39 is 22.1 Å². The van der Waals surface area contributed by atoms with Crippen LogP contribution in [0.5, 0.6) is 5.75 Å². The number of anilines is 2. The maximum absolute atomic E-state index is 13.0. The number of rotatable bonds is 8. The topological polar surface area (TPSA) is 99.8 Å². The molecule has 0 spiro atoms. The largest absolute Gasteiger partial charge is 0.495 e. The zero-order chi connectivity index (χ0) is 27.4. The van der Waals surface area contributed by atoms with Gasteiger partial charge in [-0.3, -0.25) is 9.62 Å². The van der Waals surface area contributed by atoms with E-state index in [2.05, 4.69) is 27.2 Å². The molecule has 2 amide bonds. The van der Waals surface area contributed by atoms with Crippen molar-refractivity contribution < 1.29 is 17.9 Å². The average molecular weight is 578 g/mol.